The molecule has 2 rings (SSSR count). The Bertz CT molecular complexity index is 238. The van der Waals surface area contributed by atoms with Crippen molar-refractivity contribution in [3.05, 3.63) is 0 Å². The lowest BCUT2D eigenvalue weighted by molar-refractivity contribution is 0.210. The monoisotopic (exact) mass is 240 g/mol. The lowest BCUT2D eigenvalue weighted by Gasteiger charge is -2.37. The first-order chi connectivity index (χ1) is 7.65. The minimum atomic E-state index is 0.653. The van der Waals surface area contributed by atoms with Crippen molar-refractivity contribution in [2.75, 3.05) is 13.1 Å². The van der Waals surface area contributed by atoms with Crippen LogP contribution in [0.2, 0.25) is 0 Å². The Balaban J connectivity index is 1.83. The Morgan fingerprint density at radius 3 is 2.25 bits per heavy atom. The fourth-order valence-electron chi connectivity index (χ4n) is 3.16. The minimum absolute atomic E-state index is 0.653. The molecule has 1 saturated heterocycles. The molecule has 0 bridgehead atoms. The van der Waals surface area contributed by atoms with Crippen LogP contribution in [0, 0.1) is 11.8 Å². The summed E-state index contributed by atoms with van der Waals surface area (Å²) in [5.41, 5.74) is 0. The van der Waals surface area contributed by atoms with Gasteiger partial charge in [-0.3, -0.25) is 0 Å². The van der Waals surface area contributed by atoms with Gasteiger partial charge in [-0.1, -0.05) is 26.7 Å². The number of hydrogen-bond acceptors (Lipinski definition) is 1. The summed E-state index contributed by atoms with van der Waals surface area (Å²) in [6.07, 6.45) is 6.70. The van der Waals surface area contributed by atoms with Crippen molar-refractivity contribution in [1.29, 1.82) is 0 Å². The molecular formula is C13H24N2S. The number of likely N-dealkylation sites (tertiary alicyclic amines) is 1. The predicted octanol–water partition coefficient (Wildman–Crippen LogP) is 2.78. The van der Waals surface area contributed by atoms with Crippen molar-refractivity contribution in [1.82, 2.24) is 10.2 Å². The molecule has 2 fully saturated rings. The molecule has 1 heterocycles. The quantitative estimate of drug-likeness (QED) is 0.710. The highest BCUT2D eigenvalue weighted by atomic mass is 32.1. The number of hydrogen-bond donors (Lipinski definition) is 1. The largest absolute Gasteiger partial charge is 0.360 e. The van der Waals surface area contributed by atoms with E-state index in [0.29, 0.717) is 6.04 Å². The van der Waals surface area contributed by atoms with Crippen LogP contribution >= 0.6 is 12.2 Å². The van der Waals surface area contributed by atoms with Crippen LogP contribution in [-0.4, -0.2) is 29.1 Å². The maximum atomic E-state index is 5.53. The van der Waals surface area contributed by atoms with Gasteiger partial charge in [-0.15, -0.1) is 0 Å². The van der Waals surface area contributed by atoms with E-state index in [1.54, 1.807) is 0 Å². The summed E-state index contributed by atoms with van der Waals surface area (Å²) in [6, 6.07) is 0.653. The lowest BCUT2D eigenvalue weighted by Crippen LogP contribution is -2.49. The molecule has 1 N–H and O–H groups in total. The number of piperidine rings is 1. The Morgan fingerprint density at radius 2 is 1.69 bits per heavy atom. The highest BCUT2D eigenvalue weighted by Gasteiger charge is 2.25. The van der Waals surface area contributed by atoms with Gasteiger partial charge in [0.15, 0.2) is 5.11 Å². The molecule has 2 atom stereocenters. The van der Waals surface area contributed by atoms with Gasteiger partial charge in [0.2, 0.25) is 0 Å². The SMILES string of the molecule is CC1CC(C)CN(C(=S)NC2CCCC2)C1. The maximum absolute atomic E-state index is 5.53. The molecule has 0 aromatic heterocycles. The summed E-state index contributed by atoms with van der Waals surface area (Å²) in [5, 5.41) is 4.55. The van der Waals surface area contributed by atoms with E-state index in [0.717, 1.165) is 30.0 Å². The van der Waals surface area contributed by atoms with E-state index in [4.69, 9.17) is 12.2 Å². The van der Waals surface area contributed by atoms with Crippen LogP contribution < -0.4 is 5.32 Å². The summed E-state index contributed by atoms with van der Waals surface area (Å²) in [5.74, 6) is 1.57. The van der Waals surface area contributed by atoms with Crippen LogP contribution in [0.25, 0.3) is 0 Å². The second-order valence-corrected chi connectivity index (χ2v) is 6.17. The van der Waals surface area contributed by atoms with Gasteiger partial charge in [0.1, 0.15) is 0 Å². The van der Waals surface area contributed by atoms with Crippen molar-refractivity contribution < 1.29 is 0 Å². The number of nitrogens with one attached hydrogen (secondary N) is 1. The van der Waals surface area contributed by atoms with E-state index >= 15 is 0 Å². The van der Waals surface area contributed by atoms with Crippen LogP contribution in [0.3, 0.4) is 0 Å². The van der Waals surface area contributed by atoms with Gasteiger partial charge in [0.25, 0.3) is 0 Å². The highest BCUT2D eigenvalue weighted by Crippen LogP contribution is 2.22. The Kier molecular flexibility index (Phi) is 4.06. The third-order valence-corrected chi connectivity index (χ3v) is 4.21. The van der Waals surface area contributed by atoms with E-state index in [1.165, 1.54) is 32.1 Å². The first-order valence-electron chi connectivity index (χ1n) is 6.70. The molecule has 2 nitrogen and oxygen atoms in total. The van der Waals surface area contributed by atoms with Crippen LogP contribution in [0.15, 0.2) is 0 Å². The van der Waals surface area contributed by atoms with Crippen molar-refractivity contribution in [2.24, 2.45) is 11.8 Å². The Labute approximate surface area is 105 Å². The molecule has 0 aromatic rings. The second kappa shape index (κ2) is 5.35. The molecule has 0 amide bonds. The fraction of sp³-hybridized carbons (Fsp3) is 0.923. The summed E-state index contributed by atoms with van der Waals surface area (Å²) in [7, 11) is 0. The van der Waals surface area contributed by atoms with Crippen LogP contribution in [0.5, 0.6) is 0 Å². The smallest absolute Gasteiger partial charge is 0.169 e. The molecule has 0 aromatic carbocycles. The molecule has 1 aliphatic heterocycles. The number of thiocarbonyl (C=S) groups is 1. The molecule has 2 unspecified atom stereocenters. The first-order valence-corrected chi connectivity index (χ1v) is 7.11. The van der Waals surface area contributed by atoms with Gasteiger partial charge in [0, 0.05) is 19.1 Å². The van der Waals surface area contributed by atoms with Gasteiger partial charge < -0.3 is 10.2 Å². The molecule has 0 spiro atoms. The average Bonchev–Trinajstić information content (AvgIpc) is 2.68. The van der Waals surface area contributed by atoms with Gasteiger partial charge in [-0.2, -0.15) is 0 Å². The third kappa shape index (κ3) is 3.09. The summed E-state index contributed by atoms with van der Waals surface area (Å²) in [6.45, 7) is 6.95. The highest BCUT2D eigenvalue weighted by molar-refractivity contribution is 7.80. The van der Waals surface area contributed by atoms with Gasteiger partial charge >= 0.3 is 0 Å². The molecular weight excluding hydrogens is 216 g/mol. The normalized spacial score (nSPS) is 31.8. The molecule has 0 radical (unpaired) electrons. The van der Waals surface area contributed by atoms with E-state index in [-0.39, 0.29) is 0 Å². The van der Waals surface area contributed by atoms with Crippen molar-refractivity contribution in [3.63, 3.8) is 0 Å². The van der Waals surface area contributed by atoms with E-state index < -0.39 is 0 Å². The summed E-state index contributed by atoms with van der Waals surface area (Å²) >= 11 is 5.53. The Morgan fingerprint density at radius 1 is 1.12 bits per heavy atom. The Hall–Kier alpha value is -0.310. The molecule has 16 heavy (non-hydrogen) atoms. The minimum Gasteiger partial charge on any atom is -0.360 e. The number of rotatable bonds is 1. The standard InChI is InChI=1S/C13H24N2S/c1-10-7-11(2)9-15(8-10)13(16)14-12-5-3-4-6-12/h10-12H,3-9H2,1-2H3,(H,14,16). The fourth-order valence-corrected chi connectivity index (χ4v) is 3.48. The number of nitrogens with zero attached hydrogens (tertiary/aromatic N) is 1. The zero-order valence-corrected chi connectivity index (χ0v) is 11.4. The van der Waals surface area contributed by atoms with E-state index in [9.17, 15) is 0 Å². The molecule has 3 heteroatoms. The zero-order valence-electron chi connectivity index (χ0n) is 10.5. The van der Waals surface area contributed by atoms with Gasteiger partial charge in [0.05, 0.1) is 0 Å². The third-order valence-electron chi connectivity index (χ3n) is 3.84. The van der Waals surface area contributed by atoms with Crippen molar-refractivity contribution >= 4 is 17.3 Å². The van der Waals surface area contributed by atoms with Crippen molar-refractivity contribution in [2.45, 2.75) is 52.0 Å². The van der Waals surface area contributed by atoms with E-state index in [2.05, 4.69) is 24.1 Å². The van der Waals surface area contributed by atoms with Gasteiger partial charge in [-0.25, -0.2) is 0 Å². The van der Waals surface area contributed by atoms with Crippen LogP contribution in [0.4, 0.5) is 0 Å². The maximum Gasteiger partial charge on any atom is 0.169 e. The second-order valence-electron chi connectivity index (χ2n) is 5.78. The zero-order chi connectivity index (χ0) is 11.5. The van der Waals surface area contributed by atoms with Crippen LogP contribution in [0.1, 0.15) is 46.0 Å². The molecule has 1 aliphatic carbocycles. The molecule has 2 aliphatic rings. The van der Waals surface area contributed by atoms with E-state index in [1.807, 2.05) is 0 Å². The van der Waals surface area contributed by atoms with Crippen molar-refractivity contribution in [3.8, 4) is 0 Å². The topological polar surface area (TPSA) is 15.3 Å². The molecule has 1 saturated carbocycles. The van der Waals surface area contributed by atoms with Crippen LogP contribution in [-0.2, 0) is 0 Å². The first kappa shape index (κ1) is 12.2. The summed E-state index contributed by atoms with van der Waals surface area (Å²) < 4.78 is 0. The van der Waals surface area contributed by atoms with Gasteiger partial charge in [-0.05, 0) is 43.3 Å². The summed E-state index contributed by atoms with van der Waals surface area (Å²) in [4.78, 5) is 2.38. The molecule has 92 valence electrons. The lowest BCUT2D eigenvalue weighted by atomic mass is 9.92. The average molecular weight is 240 g/mol. The predicted molar refractivity (Wildman–Crippen MR) is 72.5 cm³/mol.